The van der Waals surface area contributed by atoms with Crippen LogP contribution in [-0.4, -0.2) is 45.9 Å². The van der Waals surface area contributed by atoms with Crippen molar-refractivity contribution in [3.63, 3.8) is 0 Å². The number of aryl methyl sites for hydroxylation is 2. The number of nitrogens with one attached hydrogen (secondary N) is 1. The van der Waals surface area contributed by atoms with Crippen LogP contribution in [0.2, 0.25) is 0 Å². The summed E-state index contributed by atoms with van der Waals surface area (Å²) in [4.78, 5) is 23.8. The van der Waals surface area contributed by atoms with E-state index in [1.54, 1.807) is 13.4 Å². The molecule has 2 aromatic heterocycles. The lowest BCUT2D eigenvalue weighted by Gasteiger charge is -2.33. The Labute approximate surface area is 175 Å². The molecule has 1 aromatic carbocycles. The van der Waals surface area contributed by atoms with Gasteiger partial charge in [-0.15, -0.1) is 0 Å². The third-order valence-corrected chi connectivity index (χ3v) is 5.34. The van der Waals surface area contributed by atoms with E-state index in [1.807, 2.05) is 54.9 Å². The van der Waals surface area contributed by atoms with Gasteiger partial charge in [0.25, 0.3) is 0 Å². The van der Waals surface area contributed by atoms with E-state index in [-0.39, 0.29) is 11.8 Å². The highest BCUT2D eigenvalue weighted by atomic mass is 16.5. The van der Waals surface area contributed by atoms with Crippen LogP contribution >= 0.6 is 0 Å². The number of piperidine rings is 1. The number of ether oxygens (including phenoxy) is 1. The van der Waals surface area contributed by atoms with Crippen molar-refractivity contribution in [1.29, 1.82) is 0 Å². The van der Waals surface area contributed by atoms with Crippen molar-refractivity contribution in [3.05, 3.63) is 54.1 Å². The Morgan fingerprint density at radius 3 is 2.60 bits per heavy atom. The van der Waals surface area contributed by atoms with Gasteiger partial charge in [-0.2, -0.15) is 5.10 Å². The molecule has 1 aliphatic heterocycles. The van der Waals surface area contributed by atoms with Crippen molar-refractivity contribution < 1.29 is 9.53 Å². The minimum atomic E-state index is -0.104. The predicted molar refractivity (Wildman–Crippen MR) is 115 cm³/mol. The number of hydrogen-bond donors (Lipinski definition) is 1. The van der Waals surface area contributed by atoms with E-state index in [0.29, 0.717) is 6.54 Å². The summed E-state index contributed by atoms with van der Waals surface area (Å²) >= 11 is 0. The van der Waals surface area contributed by atoms with Crippen LogP contribution in [0.4, 0.5) is 11.5 Å². The van der Waals surface area contributed by atoms with E-state index in [4.69, 9.17) is 4.74 Å². The van der Waals surface area contributed by atoms with Crippen LogP contribution in [0.15, 0.2) is 42.7 Å². The lowest BCUT2D eigenvalue weighted by molar-refractivity contribution is -0.120. The Morgan fingerprint density at radius 1 is 1.13 bits per heavy atom. The third kappa shape index (κ3) is 4.27. The lowest BCUT2D eigenvalue weighted by atomic mass is 9.97. The topological polar surface area (TPSA) is 85.2 Å². The minimum absolute atomic E-state index is 0.0256. The van der Waals surface area contributed by atoms with E-state index in [0.717, 1.165) is 53.8 Å². The second-order valence-electron chi connectivity index (χ2n) is 7.58. The molecule has 0 radical (unpaired) electrons. The van der Waals surface area contributed by atoms with Crippen molar-refractivity contribution in [1.82, 2.24) is 19.7 Å². The zero-order valence-corrected chi connectivity index (χ0v) is 17.5. The highest BCUT2D eigenvalue weighted by Crippen LogP contribution is 2.24. The average molecular weight is 406 g/mol. The number of aromatic nitrogens is 4. The van der Waals surface area contributed by atoms with Crippen LogP contribution in [0, 0.1) is 19.8 Å². The number of benzene rings is 1. The molecule has 0 spiro atoms. The summed E-state index contributed by atoms with van der Waals surface area (Å²) in [6, 6.07) is 11.3. The van der Waals surface area contributed by atoms with Crippen LogP contribution < -0.4 is 15.0 Å². The number of carbonyl (C=O) groups excluding carboxylic acids is 1. The van der Waals surface area contributed by atoms with Crippen molar-refractivity contribution in [2.45, 2.75) is 26.7 Å². The first-order valence-electron chi connectivity index (χ1n) is 10.1. The first kappa shape index (κ1) is 19.9. The van der Waals surface area contributed by atoms with Gasteiger partial charge in [-0.25, -0.2) is 14.6 Å². The molecule has 3 aromatic rings. The number of methoxy groups -OCH3 is 1. The van der Waals surface area contributed by atoms with E-state index in [9.17, 15) is 4.79 Å². The number of anilines is 2. The Morgan fingerprint density at radius 2 is 1.90 bits per heavy atom. The maximum absolute atomic E-state index is 12.8. The summed E-state index contributed by atoms with van der Waals surface area (Å²) < 4.78 is 6.98. The summed E-state index contributed by atoms with van der Waals surface area (Å²) in [6.45, 7) is 5.44. The van der Waals surface area contributed by atoms with Crippen molar-refractivity contribution >= 4 is 17.4 Å². The van der Waals surface area contributed by atoms with Gasteiger partial charge in [0.1, 0.15) is 17.9 Å². The quantitative estimate of drug-likeness (QED) is 0.701. The lowest BCUT2D eigenvalue weighted by Crippen LogP contribution is -2.41. The normalized spacial score (nSPS) is 16.4. The monoisotopic (exact) mass is 406 g/mol. The van der Waals surface area contributed by atoms with E-state index in [2.05, 4.69) is 25.3 Å². The molecule has 0 bridgehead atoms. The van der Waals surface area contributed by atoms with Crippen LogP contribution in [0.3, 0.4) is 0 Å². The molecule has 8 heteroatoms. The maximum Gasteiger partial charge on any atom is 0.229 e. The van der Waals surface area contributed by atoms with Gasteiger partial charge in [0.05, 0.1) is 18.7 Å². The number of rotatable bonds is 5. The van der Waals surface area contributed by atoms with Crippen molar-refractivity contribution in [2.75, 3.05) is 30.4 Å². The van der Waals surface area contributed by atoms with Gasteiger partial charge < -0.3 is 15.0 Å². The first-order valence-corrected chi connectivity index (χ1v) is 10.1. The van der Waals surface area contributed by atoms with Crippen LogP contribution in [0.1, 0.15) is 24.2 Å². The van der Waals surface area contributed by atoms with Gasteiger partial charge in [0, 0.05) is 30.5 Å². The van der Waals surface area contributed by atoms with Crippen LogP contribution in [0.5, 0.6) is 5.75 Å². The fourth-order valence-electron chi connectivity index (χ4n) is 3.80. The molecule has 1 aliphatic rings. The Hall–Kier alpha value is -3.42. The molecule has 1 atom stereocenters. The largest absolute Gasteiger partial charge is 0.497 e. The van der Waals surface area contributed by atoms with Gasteiger partial charge in [0.15, 0.2) is 5.82 Å². The standard InChI is InChI=1S/C22H26N6O2/c1-15-11-16(2)28(26-15)21-12-20(23-14-24-21)27-10-4-5-17(13-27)22(29)25-18-6-8-19(30-3)9-7-18/h6-9,11-12,14,17H,4-5,10,13H2,1-3H3,(H,25,29). The molecule has 3 heterocycles. The molecular formula is C22H26N6O2. The summed E-state index contributed by atoms with van der Waals surface area (Å²) in [5.41, 5.74) is 2.74. The van der Waals surface area contributed by atoms with Gasteiger partial charge in [0.2, 0.25) is 5.91 Å². The van der Waals surface area contributed by atoms with Gasteiger partial charge in [-0.3, -0.25) is 4.79 Å². The smallest absolute Gasteiger partial charge is 0.229 e. The van der Waals surface area contributed by atoms with E-state index < -0.39 is 0 Å². The van der Waals surface area contributed by atoms with E-state index >= 15 is 0 Å². The average Bonchev–Trinajstić information content (AvgIpc) is 3.12. The van der Waals surface area contributed by atoms with Gasteiger partial charge in [-0.1, -0.05) is 0 Å². The highest BCUT2D eigenvalue weighted by molar-refractivity contribution is 5.93. The fraction of sp³-hybridized carbons (Fsp3) is 0.364. The summed E-state index contributed by atoms with van der Waals surface area (Å²) in [7, 11) is 1.62. The molecule has 1 fully saturated rings. The zero-order chi connectivity index (χ0) is 21.1. The van der Waals surface area contributed by atoms with Crippen LogP contribution in [0.25, 0.3) is 5.82 Å². The number of nitrogens with zero attached hydrogens (tertiary/aromatic N) is 5. The fourth-order valence-corrected chi connectivity index (χ4v) is 3.80. The second-order valence-corrected chi connectivity index (χ2v) is 7.58. The predicted octanol–water partition coefficient (Wildman–Crippen LogP) is 3.14. The molecule has 0 saturated carbocycles. The first-order chi connectivity index (χ1) is 14.5. The molecular weight excluding hydrogens is 380 g/mol. The molecule has 156 valence electrons. The number of hydrogen-bond acceptors (Lipinski definition) is 6. The molecule has 4 rings (SSSR count). The number of carbonyl (C=O) groups is 1. The van der Waals surface area contributed by atoms with Crippen molar-refractivity contribution in [2.24, 2.45) is 5.92 Å². The zero-order valence-electron chi connectivity index (χ0n) is 17.5. The molecule has 30 heavy (non-hydrogen) atoms. The van der Waals surface area contributed by atoms with Gasteiger partial charge in [-0.05, 0) is 57.0 Å². The second kappa shape index (κ2) is 8.52. The van der Waals surface area contributed by atoms with Gasteiger partial charge >= 0.3 is 0 Å². The molecule has 8 nitrogen and oxygen atoms in total. The summed E-state index contributed by atoms with van der Waals surface area (Å²) in [6.07, 6.45) is 3.34. The Bertz CT molecular complexity index is 1030. The molecule has 1 amide bonds. The highest BCUT2D eigenvalue weighted by Gasteiger charge is 2.27. The van der Waals surface area contributed by atoms with E-state index in [1.165, 1.54) is 0 Å². The van der Waals surface area contributed by atoms with Crippen LogP contribution in [-0.2, 0) is 4.79 Å². The Kier molecular flexibility index (Phi) is 5.65. The number of amides is 1. The maximum atomic E-state index is 12.8. The molecule has 1 unspecified atom stereocenters. The SMILES string of the molecule is COc1ccc(NC(=O)C2CCCN(c3cc(-n4nc(C)cc4C)ncn3)C2)cc1. The third-order valence-electron chi connectivity index (χ3n) is 5.34. The van der Waals surface area contributed by atoms with Crippen molar-refractivity contribution in [3.8, 4) is 11.6 Å². The molecule has 1 N–H and O–H groups in total. The minimum Gasteiger partial charge on any atom is -0.497 e. The molecule has 1 saturated heterocycles. The summed E-state index contributed by atoms with van der Waals surface area (Å²) in [5.74, 6) is 2.23. The molecule has 0 aliphatic carbocycles. The Balaban J connectivity index is 1.46. The summed E-state index contributed by atoms with van der Waals surface area (Å²) in [5, 5.41) is 7.52.